The summed E-state index contributed by atoms with van der Waals surface area (Å²) in [4.78, 5) is 4.49. The van der Waals surface area contributed by atoms with Gasteiger partial charge in [0.1, 0.15) is 5.75 Å². The van der Waals surface area contributed by atoms with Gasteiger partial charge in [-0.05, 0) is 37.6 Å². The van der Waals surface area contributed by atoms with Gasteiger partial charge in [-0.25, -0.2) is 0 Å². The molecule has 0 aliphatic heterocycles. The van der Waals surface area contributed by atoms with Crippen LogP contribution >= 0.6 is 0 Å². The van der Waals surface area contributed by atoms with Crippen molar-refractivity contribution in [2.24, 2.45) is 0 Å². The number of ether oxygens (including phenoxy) is 1. The maximum absolute atomic E-state index is 5.40. The number of nitrogens with zero attached hydrogens (tertiary/aromatic N) is 2. The molecule has 0 fully saturated rings. The van der Waals surface area contributed by atoms with Crippen LogP contribution in [-0.4, -0.2) is 29.8 Å². The lowest BCUT2D eigenvalue weighted by Crippen LogP contribution is -2.30. The highest BCUT2D eigenvalue weighted by atomic mass is 16.5. The number of nitrogens with one attached hydrogen (secondary N) is 1. The second kappa shape index (κ2) is 7.22. The highest BCUT2D eigenvalue weighted by Crippen LogP contribution is 2.28. The summed E-state index contributed by atoms with van der Waals surface area (Å²) in [5.41, 5.74) is 1.99. The normalized spacial score (nSPS) is 12.4. The van der Waals surface area contributed by atoms with Crippen LogP contribution in [0.2, 0.25) is 0 Å². The van der Waals surface area contributed by atoms with Gasteiger partial charge in [0, 0.05) is 12.5 Å². The first-order chi connectivity index (χ1) is 10.2. The van der Waals surface area contributed by atoms with E-state index in [4.69, 9.17) is 9.26 Å². The molecule has 1 atom stereocenters. The number of hydrogen-bond donors (Lipinski definition) is 1. The van der Waals surface area contributed by atoms with Gasteiger partial charge in [-0.2, -0.15) is 4.98 Å². The van der Waals surface area contributed by atoms with Crippen molar-refractivity contribution in [2.75, 3.05) is 13.7 Å². The third-order valence-corrected chi connectivity index (χ3v) is 3.47. The first kappa shape index (κ1) is 15.5. The van der Waals surface area contributed by atoms with E-state index in [1.807, 2.05) is 25.1 Å². The quantitative estimate of drug-likeness (QED) is 0.849. The largest absolute Gasteiger partial charge is 0.496 e. The maximum Gasteiger partial charge on any atom is 0.228 e. The summed E-state index contributed by atoms with van der Waals surface area (Å²) in [6.07, 6.45) is 1.77. The van der Waals surface area contributed by atoms with E-state index >= 15 is 0 Å². The zero-order valence-electron chi connectivity index (χ0n) is 13.1. The van der Waals surface area contributed by atoms with E-state index in [2.05, 4.69) is 29.3 Å². The van der Waals surface area contributed by atoms with Crippen LogP contribution in [-0.2, 0) is 6.42 Å². The Morgan fingerprint density at radius 2 is 2.14 bits per heavy atom. The summed E-state index contributed by atoms with van der Waals surface area (Å²) < 4.78 is 10.8. The van der Waals surface area contributed by atoms with Crippen molar-refractivity contribution in [3.8, 4) is 17.1 Å². The maximum atomic E-state index is 5.40. The van der Waals surface area contributed by atoms with Crippen molar-refractivity contribution in [2.45, 2.75) is 39.7 Å². The summed E-state index contributed by atoms with van der Waals surface area (Å²) in [5.74, 6) is 2.00. The molecule has 1 aromatic carbocycles. The first-order valence-electron chi connectivity index (χ1n) is 7.38. The van der Waals surface area contributed by atoms with E-state index in [1.54, 1.807) is 7.11 Å². The van der Waals surface area contributed by atoms with Gasteiger partial charge in [0.15, 0.2) is 0 Å². The van der Waals surface area contributed by atoms with Crippen LogP contribution in [0.5, 0.6) is 5.75 Å². The van der Waals surface area contributed by atoms with Crippen LogP contribution in [0.1, 0.15) is 31.7 Å². The van der Waals surface area contributed by atoms with Crippen molar-refractivity contribution in [3.63, 3.8) is 0 Å². The predicted molar refractivity (Wildman–Crippen MR) is 82.5 cm³/mol. The van der Waals surface area contributed by atoms with Crippen LogP contribution in [0.15, 0.2) is 22.7 Å². The van der Waals surface area contributed by atoms with E-state index < -0.39 is 0 Å². The van der Waals surface area contributed by atoms with Crippen LogP contribution in [0.4, 0.5) is 0 Å². The van der Waals surface area contributed by atoms with Crippen LogP contribution < -0.4 is 10.1 Å². The molecule has 21 heavy (non-hydrogen) atoms. The summed E-state index contributed by atoms with van der Waals surface area (Å²) in [7, 11) is 1.65. The molecule has 1 heterocycles. The number of methoxy groups -OCH3 is 1. The lowest BCUT2D eigenvalue weighted by atomic mass is 10.1. The molecule has 0 amide bonds. The van der Waals surface area contributed by atoms with E-state index in [9.17, 15) is 0 Å². The predicted octanol–water partition coefficient (Wildman–Crippen LogP) is 2.98. The minimum Gasteiger partial charge on any atom is -0.496 e. The monoisotopic (exact) mass is 289 g/mol. The second-order valence-electron chi connectivity index (χ2n) is 5.08. The van der Waals surface area contributed by atoms with Gasteiger partial charge in [-0.15, -0.1) is 0 Å². The van der Waals surface area contributed by atoms with Gasteiger partial charge in [0.05, 0.1) is 12.7 Å². The molecule has 0 spiro atoms. The molecule has 5 nitrogen and oxygen atoms in total. The minimum absolute atomic E-state index is 0.364. The molecule has 0 saturated heterocycles. The van der Waals surface area contributed by atoms with Crippen LogP contribution in [0.25, 0.3) is 11.4 Å². The fourth-order valence-electron chi connectivity index (χ4n) is 2.29. The summed E-state index contributed by atoms with van der Waals surface area (Å²) in [6, 6.07) is 6.31. The Morgan fingerprint density at radius 1 is 1.33 bits per heavy atom. The van der Waals surface area contributed by atoms with Crippen molar-refractivity contribution in [1.29, 1.82) is 0 Å². The standard InChI is InChI=1S/C16H23N3O2/c1-5-12(17-6-2)10-15-18-16(19-21-15)13-8-7-11(3)9-14(13)20-4/h7-9,12,17H,5-6,10H2,1-4H3. The van der Waals surface area contributed by atoms with E-state index in [0.717, 1.165) is 36.3 Å². The third-order valence-electron chi connectivity index (χ3n) is 3.47. The third kappa shape index (κ3) is 3.82. The van der Waals surface area contributed by atoms with Gasteiger partial charge < -0.3 is 14.6 Å². The van der Waals surface area contributed by atoms with Gasteiger partial charge >= 0.3 is 0 Å². The molecular formula is C16H23N3O2. The van der Waals surface area contributed by atoms with Crippen LogP contribution in [0.3, 0.4) is 0 Å². The van der Waals surface area contributed by atoms with E-state index in [1.165, 1.54) is 0 Å². The van der Waals surface area contributed by atoms with Gasteiger partial charge in [0.2, 0.25) is 11.7 Å². The topological polar surface area (TPSA) is 60.2 Å². The summed E-state index contributed by atoms with van der Waals surface area (Å²) in [5, 5.41) is 7.49. The highest BCUT2D eigenvalue weighted by Gasteiger charge is 2.16. The molecule has 2 aromatic rings. The van der Waals surface area contributed by atoms with E-state index in [-0.39, 0.29) is 0 Å². The molecule has 0 aliphatic rings. The Morgan fingerprint density at radius 3 is 2.81 bits per heavy atom. The number of aromatic nitrogens is 2. The lowest BCUT2D eigenvalue weighted by Gasteiger charge is -2.12. The Bertz CT molecular complexity index is 581. The molecule has 0 saturated carbocycles. The Balaban J connectivity index is 2.20. The molecule has 1 aromatic heterocycles. The van der Waals surface area contributed by atoms with Gasteiger partial charge in [-0.3, -0.25) is 0 Å². The molecular weight excluding hydrogens is 266 g/mol. The zero-order valence-corrected chi connectivity index (χ0v) is 13.1. The molecule has 114 valence electrons. The molecule has 0 bridgehead atoms. The SMILES string of the molecule is CCNC(CC)Cc1nc(-c2ccc(C)cc2OC)no1. The highest BCUT2D eigenvalue weighted by molar-refractivity contribution is 5.64. The molecule has 2 rings (SSSR count). The minimum atomic E-state index is 0.364. The van der Waals surface area contributed by atoms with Crippen molar-refractivity contribution >= 4 is 0 Å². The lowest BCUT2D eigenvalue weighted by molar-refractivity contribution is 0.355. The second-order valence-corrected chi connectivity index (χ2v) is 5.08. The average Bonchev–Trinajstić information content (AvgIpc) is 2.94. The summed E-state index contributed by atoms with van der Waals surface area (Å²) >= 11 is 0. The fourth-order valence-corrected chi connectivity index (χ4v) is 2.29. The van der Waals surface area contributed by atoms with Crippen LogP contribution in [0, 0.1) is 6.92 Å². The van der Waals surface area contributed by atoms with Gasteiger partial charge in [-0.1, -0.05) is 25.1 Å². The fraction of sp³-hybridized carbons (Fsp3) is 0.500. The first-order valence-corrected chi connectivity index (χ1v) is 7.38. The van der Waals surface area contributed by atoms with E-state index in [0.29, 0.717) is 17.8 Å². The Labute approximate surface area is 125 Å². The number of likely N-dealkylation sites (N-methyl/N-ethyl adjacent to an activating group) is 1. The van der Waals surface area contributed by atoms with Crippen molar-refractivity contribution in [1.82, 2.24) is 15.5 Å². The average molecular weight is 289 g/mol. The number of rotatable bonds is 7. The van der Waals surface area contributed by atoms with Crippen molar-refractivity contribution < 1.29 is 9.26 Å². The molecule has 5 heteroatoms. The number of benzene rings is 1. The summed E-state index contributed by atoms with van der Waals surface area (Å²) in [6.45, 7) is 7.20. The molecule has 0 aliphatic carbocycles. The molecule has 0 radical (unpaired) electrons. The van der Waals surface area contributed by atoms with Crippen molar-refractivity contribution in [3.05, 3.63) is 29.7 Å². The Kier molecular flexibility index (Phi) is 5.33. The smallest absolute Gasteiger partial charge is 0.228 e. The molecule has 1 N–H and O–H groups in total. The Hall–Kier alpha value is -1.88. The molecule has 1 unspecified atom stereocenters. The van der Waals surface area contributed by atoms with Gasteiger partial charge in [0.25, 0.3) is 0 Å². The number of aryl methyl sites for hydroxylation is 1. The number of hydrogen-bond acceptors (Lipinski definition) is 5. The zero-order chi connectivity index (χ0) is 15.2.